The molecule has 0 aliphatic carbocycles. The summed E-state index contributed by atoms with van der Waals surface area (Å²) in [7, 11) is -3.97. The molecule has 1 rings (SSSR count). The van der Waals surface area contributed by atoms with E-state index in [0.717, 1.165) is 12.1 Å². The summed E-state index contributed by atoms with van der Waals surface area (Å²) in [5.74, 6) is -0.860. The van der Waals surface area contributed by atoms with Gasteiger partial charge >= 0.3 is 0 Å². The van der Waals surface area contributed by atoms with Gasteiger partial charge < -0.3 is 10.8 Å². The fourth-order valence-corrected chi connectivity index (χ4v) is 2.98. The molecule has 0 saturated heterocycles. The molecule has 1 aromatic rings. The van der Waals surface area contributed by atoms with Crippen LogP contribution in [0.25, 0.3) is 0 Å². The highest BCUT2D eigenvalue weighted by Crippen LogP contribution is 2.18. The SMILES string of the molecule is CC(O)CC(C)NS(=O)(=O)c1cc(N)ccc1F. The van der Waals surface area contributed by atoms with Crippen LogP contribution in [0.5, 0.6) is 0 Å². The van der Waals surface area contributed by atoms with Gasteiger partial charge in [0.25, 0.3) is 0 Å². The maximum atomic E-state index is 13.5. The van der Waals surface area contributed by atoms with Gasteiger partial charge in [-0.05, 0) is 38.5 Å². The molecule has 1 aromatic carbocycles. The van der Waals surface area contributed by atoms with E-state index >= 15 is 0 Å². The van der Waals surface area contributed by atoms with Gasteiger partial charge in [-0.15, -0.1) is 0 Å². The van der Waals surface area contributed by atoms with Gasteiger partial charge in [-0.25, -0.2) is 17.5 Å². The van der Waals surface area contributed by atoms with Gasteiger partial charge in [0.2, 0.25) is 10.0 Å². The molecule has 0 aliphatic rings. The van der Waals surface area contributed by atoms with Crippen LogP contribution in [0.3, 0.4) is 0 Å². The molecule has 0 spiro atoms. The van der Waals surface area contributed by atoms with Gasteiger partial charge in [0, 0.05) is 11.7 Å². The molecule has 0 bridgehead atoms. The molecule has 2 atom stereocenters. The number of hydrogen-bond acceptors (Lipinski definition) is 4. The summed E-state index contributed by atoms with van der Waals surface area (Å²) >= 11 is 0. The molecule has 18 heavy (non-hydrogen) atoms. The number of benzene rings is 1. The van der Waals surface area contributed by atoms with Gasteiger partial charge in [0.05, 0.1) is 6.10 Å². The predicted octanol–water partition coefficient (Wildman–Crippen LogP) is 0.846. The smallest absolute Gasteiger partial charge is 0.243 e. The normalized spacial score (nSPS) is 15.3. The van der Waals surface area contributed by atoms with Crippen LogP contribution in [0.1, 0.15) is 20.3 Å². The summed E-state index contributed by atoms with van der Waals surface area (Å²) in [5.41, 5.74) is 5.60. The number of anilines is 1. The van der Waals surface area contributed by atoms with Crippen LogP contribution in [-0.2, 0) is 10.0 Å². The molecule has 102 valence electrons. The highest BCUT2D eigenvalue weighted by Gasteiger charge is 2.22. The number of nitrogens with two attached hydrogens (primary N) is 1. The first kappa shape index (κ1) is 14.9. The first-order valence-corrected chi connectivity index (χ1v) is 6.96. The lowest BCUT2D eigenvalue weighted by atomic mass is 10.2. The minimum atomic E-state index is -3.97. The van der Waals surface area contributed by atoms with Crippen molar-refractivity contribution in [3.8, 4) is 0 Å². The molecule has 0 aliphatic heterocycles. The third-order valence-electron chi connectivity index (χ3n) is 2.30. The lowest BCUT2D eigenvalue weighted by Gasteiger charge is -2.16. The first-order valence-electron chi connectivity index (χ1n) is 5.48. The molecule has 0 radical (unpaired) electrons. The van der Waals surface area contributed by atoms with Crippen molar-refractivity contribution in [3.63, 3.8) is 0 Å². The van der Waals surface area contributed by atoms with Crippen LogP contribution in [0.15, 0.2) is 23.1 Å². The molecule has 4 N–H and O–H groups in total. The van der Waals surface area contributed by atoms with Crippen molar-refractivity contribution in [1.29, 1.82) is 0 Å². The van der Waals surface area contributed by atoms with E-state index < -0.39 is 32.9 Å². The Kier molecular flexibility index (Phi) is 4.66. The Morgan fingerprint density at radius 2 is 2.06 bits per heavy atom. The molecule has 0 heterocycles. The topological polar surface area (TPSA) is 92.4 Å². The molecule has 2 unspecified atom stereocenters. The number of rotatable bonds is 5. The second-order valence-corrected chi connectivity index (χ2v) is 5.98. The van der Waals surface area contributed by atoms with E-state index in [1.54, 1.807) is 13.8 Å². The fourth-order valence-electron chi connectivity index (χ4n) is 1.61. The average molecular weight is 276 g/mol. The van der Waals surface area contributed by atoms with Crippen molar-refractivity contribution in [3.05, 3.63) is 24.0 Å². The molecular formula is C11H17FN2O3S. The van der Waals surface area contributed by atoms with Crippen molar-refractivity contribution >= 4 is 15.7 Å². The molecule has 0 fully saturated rings. The molecular weight excluding hydrogens is 259 g/mol. The van der Waals surface area contributed by atoms with Gasteiger partial charge in [-0.2, -0.15) is 0 Å². The molecule has 0 aromatic heterocycles. The average Bonchev–Trinajstić information content (AvgIpc) is 2.19. The Hall–Kier alpha value is -1.18. The van der Waals surface area contributed by atoms with Crippen LogP contribution in [0, 0.1) is 5.82 Å². The predicted molar refractivity (Wildman–Crippen MR) is 66.9 cm³/mol. The summed E-state index contributed by atoms with van der Waals surface area (Å²) < 4.78 is 39.6. The van der Waals surface area contributed by atoms with Crippen molar-refractivity contribution in [2.24, 2.45) is 0 Å². The first-order chi connectivity index (χ1) is 8.22. The molecule has 0 saturated carbocycles. The Labute approximate surface area is 106 Å². The summed E-state index contributed by atoms with van der Waals surface area (Å²) in [5, 5.41) is 9.16. The molecule has 7 heteroatoms. The van der Waals surface area contributed by atoms with Gasteiger partial charge in [0.1, 0.15) is 10.7 Å². The fraction of sp³-hybridized carbons (Fsp3) is 0.455. The number of sulfonamides is 1. The number of nitrogen functional groups attached to an aromatic ring is 1. The second kappa shape index (κ2) is 5.64. The zero-order valence-corrected chi connectivity index (χ0v) is 11.0. The Balaban J connectivity index is 2.96. The maximum absolute atomic E-state index is 13.5. The van der Waals surface area contributed by atoms with E-state index in [1.165, 1.54) is 6.07 Å². The van der Waals surface area contributed by atoms with Crippen LogP contribution in [0.4, 0.5) is 10.1 Å². The van der Waals surface area contributed by atoms with E-state index in [-0.39, 0.29) is 12.1 Å². The Morgan fingerprint density at radius 1 is 1.44 bits per heavy atom. The quantitative estimate of drug-likeness (QED) is 0.695. The largest absolute Gasteiger partial charge is 0.399 e. The number of aliphatic hydroxyl groups excluding tert-OH is 1. The highest BCUT2D eigenvalue weighted by molar-refractivity contribution is 7.89. The van der Waals surface area contributed by atoms with Crippen LogP contribution < -0.4 is 10.5 Å². The standard InChI is InChI=1S/C11H17FN2O3S/c1-7(5-8(2)15)14-18(16,17)11-6-9(13)3-4-10(11)12/h3-4,6-8,14-15H,5,13H2,1-2H3. The second-order valence-electron chi connectivity index (χ2n) is 4.30. The zero-order valence-electron chi connectivity index (χ0n) is 10.2. The van der Waals surface area contributed by atoms with E-state index in [2.05, 4.69) is 4.72 Å². The highest BCUT2D eigenvalue weighted by atomic mass is 32.2. The third kappa shape index (κ3) is 3.94. The van der Waals surface area contributed by atoms with Crippen LogP contribution >= 0.6 is 0 Å². The molecule has 0 amide bonds. The van der Waals surface area contributed by atoms with E-state index in [1.807, 2.05) is 0 Å². The molecule has 5 nitrogen and oxygen atoms in total. The zero-order chi connectivity index (χ0) is 13.9. The van der Waals surface area contributed by atoms with Crippen LogP contribution in [-0.4, -0.2) is 25.7 Å². The summed E-state index contributed by atoms with van der Waals surface area (Å²) in [4.78, 5) is -0.486. The van der Waals surface area contributed by atoms with E-state index in [4.69, 9.17) is 10.8 Å². The summed E-state index contributed by atoms with van der Waals surface area (Å²) in [6.45, 7) is 3.14. The van der Waals surface area contributed by atoms with Crippen molar-refractivity contribution in [1.82, 2.24) is 4.72 Å². The number of halogens is 1. The van der Waals surface area contributed by atoms with Crippen molar-refractivity contribution in [2.75, 3.05) is 5.73 Å². The Morgan fingerprint density at radius 3 is 2.61 bits per heavy atom. The van der Waals surface area contributed by atoms with Crippen LogP contribution in [0.2, 0.25) is 0 Å². The van der Waals surface area contributed by atoms with E-state index in [9.17, 15) is 12.8 Å². The minimum Gasteiger partial charge on any atom is -0.399 e. The third-order valence-corrected chi connectivity index (χ3v) is 3.90. The number of nitrogens with one attached hydrogen (secondary N) is 1. The van der Waals surface area contributed by atoms with E-state index in [0.29, 0.717) is 0 Å². The minimum absolute atomic E-state index is 0.167. The van der Waals surface area contributed by atoms with Gasteiger partial charge in [-0.1, -0.05) is 0 Å². The monoisotopic (exact) mass is 276 g/mol. The van der Waals surface area contributed by atoms with Crippen molar-refractivity contribution in [2.45, 2.75) is 37.3 Å². The maximum Gasteiger partial charge on any atom is 0.243 e. The lowest BCUT2D eigenvalue weighted by Crippen LogP contribution is -2.35. The summed E-state index contributed by atoms with van der Waals surface area (Å²) in [6.07, 6.45) is -0.406. The van der Waals surface area contributed by atoms with Gasteiger partial charge in [-0.3, -0.25) is 0 Å². The summed E-state index contributed by atoms with van der Waals surface area (Å²) in [6, 6.07) is 2.85. The lowest BCUT2D eigenvalue weighted by molar-refractivity contribution is 0.175. The Bertz CT molecular complexity index is 517. The number of aliphatic hydroxyl groups is 1. The van der Waals surface area contributed by atoms with Crippen molar-refractivity contribution < 1.29 is 17.9 Å². The van der Waals surface area contributed by atoms with Gasteiger partial charge in [0.15, 0.2) is 0 Å². The number of hydrogen-bond donors (Lipinski definition) is 3.